The van der Waals surface area contributed by atoms with Gasteiger partial charge in [-0.05, 0) is 48.5 Å². The van der Waals surface area contributed by atoms with Gasteiger partial charge in [-0.3, -0.25) is 14.4 Å². The zero-order valence-corrected chi connectivity index (χ0v) is 15.0. The van der Waals surface area contributed by atoms with Crippen LogP contribution in [0.1, 0.15) is 10.4 Å². The quantitative estimate of drug-likeness (QED) is 0.773. The third-order valence-electron chi connectivity index (χ3n) is 3.52. The summed E-state index contributed by atoms with van der Waals surface area (Å²) in [5.41, 5.74) is 0.778. The lowest BCUT2D eigenvalue weighted by Gasteiger charge is -2.12. The number of nitrogens with zero attached hydrogens (tertiary/aromatic N) is 1. The van der Waals surface area contributed by atoms with Crippen molar-refractivity contribution in [2.45, 2.75) is 0 Å². The molecule has 2 aromatic rings. The number of amides is 3. The highest BCUT2D eigenvalue weighted by molar-refractivity contribution is 5.99. The van der Waals surface area contributed by atoms with E-state index >= 15 is 0 Å². The third kappa shape index (κ3) is 6.43. The molecular weight excluding hydrogens is 353 g/mol. The van der Waals surface area contributed by atoms with Crippen molar-refractivity contribution < 1.29 is 23.5 Å². The Morgan fingerprint density at radius 2 is 1.63 bits per heavy atom. The van der Waals surface area contributed by atoms with Crippen LogP contribution in [0.25, 0.3) is 0 Å². The van der Waals surface area contributed by atoms with Crippen LogP contribution in [0.15, 0.2) is 48.5 Å². The predicted molar refractivity (Wildman–Crippen MR) is 98.0 cm³/mol. The van der Waals surface area contributed by atoms with E-state index in [1.807, 2.05) is 0 Å². The van der Waals surface area contributed by atoms with Crippen LogP contribution in [-0.2, 0) is 9.59 Å². The van der Waals surface area contributed by atoms with Gasteiger partial charge in [-0.15, -0.1) is 0 Å². The molecule has 0 unspecified atom stereocenters. The maximum atomic E-state index is 12.8. The average molecular weight is 373 g/mol. The predicted octanol–water partition coefficient (Wildman–Crippen LogP) is 1.66. The standard InChI is InChI=1S/C19H20FN3O4/c1-23(2)18(25)12-27-16-9-7-15(8-10-16)22-17(24)11-21-19(26)13-3-5-14(20)6-4-13/h3-10H,11-12H2,1-2H3,(H,21,26)(H,22,24). The summed E-state index contributed by atoms with van der Waals surface area (Å²) >= 11 is 0. The summed E-state index contributed by atoms with van der Waals surface area (Å²) in [7, 11) is 3.28. The number of halogens is 1. The van der Waals surface area contributed by atoms with Gasteiger partial charge in [-0.1, -0.05) is 0 Å². The molecule has 0 saturated carbocycles. The number of hydrogen-bond acceptors (Lipinski definition) is 4. The van der Waals surface area contributed by atoms with Crippen LogP contribution in [0.5, 0.6) is 5.75 Å². The second kappa shape index (κ2) is 9.33. The Hall–Kier alpha value is -3.42. The smallest absolute Gasteiger partial charge is 0.259 e. The van der Waals surface area contributed by atoms with Gasteiger partial charge in [0.25, 0.3) is 11.8 Å². The first-order valence-corrected chi connectivity index (χ1v) is 8.12. The van der Waals surface area contributed by atoms with E-state index in [0.717, 1.165) is 0 Å². The molecule has 2 N–H and O–H groups in total. The number of carbonyl (C=O) groups excluding carboxylic acids is 3. The number of benzene rings is 2. The van der Waals surface area contributed by atoms with Crippen LogP contribution in [-0.4, -0.2) is 49.9 Å². The van der Waals surface area contributed by atoms with Crippen molar-refractivity contribution in [1.82, 2.24) is 10.2 Å². The molecular formula is C19H20FN3O4. The average Bonchev–Trinajstić information content (AvgIpc) is 2.65. The van der Waals surface area contributed by atoms with E-state index in [1.54, 1.807) is 38.4 Å². The first kappa shape index (κ1) is 19.9. The molecule has 0 aliphatic heterocycles. The first-order chi connectivity index (χ1) is 12.8. The van der Waals surface area contributed by atoms with Crippen molar-refractivity contribution in [2.24, 2.45) is 0 Å². The molecule has 0 saturated heterocycles. The van der Waals surface area contributed by atoms with Crippen LogP contribution < -0.4 is 15.4 Å². The SMILES string of the molecule is CN(C)C(=O)COc1ccc(NC(=O)CNC(=O)c2ccc(F)cc2)cc1. The van der Waals surface area contributed by atoms with Crippen molar-refractivity contribution in [3.8, 4) is 5.75 Å². The van der Waals surface area contributed by atoms with Gasteiger partial charge in [0, 0.05) is 25.3 Å². The van der Waals surface area contributed by atoms with Crippen LogP contribution in [0, 0.1) is 5.82 Å². The number of likely N-dealkylation sites (N-methyl/N-ethyl adjacent to an activating group) is 1. The number of ether oxygens (including phenoxy) is 1. The first-order valence-electron chi connectivity index (χ1n) is 8.12. The van der Waals surface area contributed by atoms with E-state index < -0.39 is 17.6 Å². The minimum atomic E-state index is -0.473. The Bertz CT molecular complexity index is 805. The number of carbonyl (C=O) groups is 3. The summed E-state index contributed by atoms with van der Waals surface area (Å²) in [6.45, 7) is -0.306. The van der Waals surface area contributed by atoms with E-state index in [0.29, 0.717) is 11.4 Å². The molecule has 0 aliphatic rings. The summed E-state index contributed by atoms with van der Waals surface area (Å²) in [5, 5.41) is 5.08. The summed E-state index contributed by atoms with van der Waals surface area (Å²) in [6.07, 6.45) is 0. The second-order valence-electron chi connectivity index (χ2n) is 5.84. The van der Waals surface area contributed by atoms with Crippen molar-refractivity contribution in [3.05, 3.63) is 59.9 Å². The molecule has 0 fully saturated rings. The zero-order valence-electron chi connectivity index (χ0n) is 15.0. The van der Waals surface area contributed by atoms with E-state index in [1.165, 1.54) is 29.2 Å². The number of anilines is 1. The van der Waals surface area contributed by atoms with Crippen LogP contribution in [0.3, 0.4) is 0 Å². The normalized spacial score (nSPS) is 10.0. The molecule has 0 spiro atoms. The molecule has 2 rings (SSSR count). The minimum absolute atomic E-state index is 0.0753. The zero-order chi connectivity index (χ0) is 19.8. The molecule has 3 amide bonds. The topological polar surface area (TPSA) is 87.7 Å². The van der Waals surface area contributed by atoms with Crippen molar-refractivity contribution in [2.75, 3.05) is 32.6 Å². The lowest BCUT2D eigenvalue weighted by Crippen LogP contribution is -2.32. The fourth-order valence-corrected chi connectivity index (χ4v) is 1.98. The van der Waals surface area contributed by atoms with E-state index in [9.17, 15) is 18.8 Å². The van der Waals surface area contributed by atoms with Gasteiger partial charge < -0.3 is 20.3 Å². The second-order valence-corrected chi connectivity index (χ2v) is 5.84. The minimum Gasteiger partial charge on any atom is -0.484 e. The Morgan fingerprint density at radius 3 is 2.22 bits per heavy atom. The highest BCUT2D eigenvalue weighted by Crippen LogP contribution is 2.15. The fourth-order valence-electron chi connectivity index (χ4n) is 1.98. The Morgan fingerprint density at radius 1 is 1.00 bits per heavy atom. The number of rotatable bonds is 7. The van der Waals surface area contributed by atoms with Crippen molar-refractivity contribution in [3.63, 3.8) is 0 Å². The molecule has 142 valence electrons. The molecule has 0 atom stereocenters. The molecule has 0 aromatic heterocycles. The third-order valence-corrected chi connectivity index (χ3v) is 3.52. The monoisotopic (exact) mass is 373 g/mol. The summed E-state index contributed by atoms with van der Waals surface area (Å²) in [4.78, 5) is 36.7. The van der Waals surface area contributed by atoms with Crippen LogP contribution in [0.4, 0.5) is 10.1 Å². The van der Waals surface area contributed by atoms with Gasteiger partial charge in [0.15, 0.2) is 6.61 Å². The molecule has 0 aliphatic carbocycles. The van der Waals surface area contributed by atoms with Crippen LogP contribution >= 0.6 is 0 Å². The van der Waals surface area contributed by atoms with Gasteiger partial charge in [-0.2, -0.15) is 0 Å². The van der Waals surface area contributed by atoms with Gasteiger partial charge in [0.2, 0.25) is 5.91 Å². The van der Waals surface area contributed by atoms with Gasteiger partial charge >= 0.3 is 0 Å². The van der Waals surface area contributed by atoms with Gasteiger partial charge in [-0.25, -0.2) is 4.39 Å². The Balaban J connectivity index is 1.79. The number of hydrogen-bond donors (Lipinski definition) is 2. The molecule has 27 heavy (non-hydrogen) atoms. The molecule has 0 bridgehead atoms. The van der Waals surface area contributed by atoms with E-state index in [2.05, 4.69) is 10.6 Å². The van der Waals surface area contributed by atoms with Gasteiger partial charge in [0.1, 0.15) is 11.6 Å². The Labute approximate surface area is 156 Å². The van der Waals surface area contributed by atoms with Gasteiger partial charge in [0.05, 0.1) is 6.54 Å². The highest BCUT2D eigenvalue weighted by atomic mass is 19.1. The maximum Gasteiger partial charge on any atom is 0.259 e. The highest BCUT2D eigenvalue weighted by Gasteiger charge is 2.09. The van der Waals surface area contributed by atoms with E-state index in [4.69, 9.17) is 4.74 Å². The Kier molecular flexibility index (Phi) is 6.87. The fraction of sp³-hybridized carbons (Fsp3) is 0.211. The van der Waals surface area contributed by atoms with E-state index in [-0.39, 0.29) is 24.6 Å². The molecule has 2 aromatic carbocycles. The summed E-state index contributed by atoms with van der Waals surface area (Å²) in [5.74, 6) is -0.999. The number of nitrogens with one attached hydrogen (secondary N) is 2. The lowest BCUT2D eigenvalue weighted by molar-refractivity contribution is -0.130. The molecule has 7 nitrogen and oxygen atoms in total. The van der Waals surface area contributed by atoms with Crippen molar-refractivity contribution >= 4 is 23.4 Å². The maximum absolute atomic E-state index is 12.8. The largest absolute Gasteiger partial charge is 0.484 e. The molecule has 0 radical (unpaired) electrons. The van der Waals surface area contributed by atoms with Crippen LogP contribution in [0.2, 0.25) is 0 Å². The summed E-state index contributed by atoms with van der Waals surface area (Å²) in [6, 6.07) is 11.5. The molecule has 8 heteroatoms. The van der Waals surface area contributed by atoms with Crippen molar-refractivity contribution in [1.29, 1.82) is 0 Å². The molecule has 0 heterocycles. The lowest BCUT2D eigenvalue weighted by atomic mass is 10.2. The summed E-state index contributed by atoms with van der Waals surface area (Å²) < 4.78 is 18.2.